The number of ether oxygens (including phenoxy) is 2. The third-order valence-electron chi connectivity index (χ3n) is 1.84. The number of aliphatic hydroxyl groups excluding tert-OH is 1. The summed E-state index contributed by atoms with van der Waals surface area (Å²) in [6.07, 6.45) is 0.969. The third-order valence-corrected chi connectivity index (χ3v) is 1.84. The van der Waals surface area contributed by atoms with Crippen LogP contribution in [0.4, 0.5) is 0 Å². The molecule has 0 heterocycles. The van der Waals surface area contributed by atoms with E-state index in [1.807, 2.05) is 26.1 Å². The Labute approximate surface area is 114 Å². The SMILES string of the molecule is C=CC(=O)NC(O)C(=O)OCCCC.CCOCC. The summed E-state index contributed by atoms with van der Waals surface area (Å²) in [7, 11) is 0. The van der Waals surface area contributed by atoms with E-state index in [2.05, 4.69) is 11.3 Å². The molecule has 0 rings (SSSR count). The van der Waals surface area contributed by atoms with E-state index in [0.29, 0.717) is 0 Å². The minimum atomic E-state index is -1.61. The summed E-state index contributed by atoms with van der Waals surface area (Å²) in [6.45, 7) is 11.0. The van der Waals surface area contributed by atoms with Crippen molar-refractivity contribution in [1.82, 2.24) is 5.32 Å². The molecule has 1 unspecified atom stereocenters. The maximum absolute atomic E-state index is 10.9. The van der Waals surface area contributed by atoms with Crippen LogP contribution in [-0.4, -0.2) is 43.0 Å². The first-order valence-electron chi connectivity index (χ1n) is 6.38. The molecule has 6 nitrogen and oxygen atoms in total. The minimum absolute atomic E-state index is 0.246. The molecule has 0 aromatic heterocycles. The van der Waals surface area contributed by atoms with Gasteiger partial charge in [-0.3, -0.25) is 4.79 Å². The summed E-state index contributed by atoms with van der Waals surface area (Å²) in [5, 5.41) is 11.0. The molecule has 0 fully saturated rings. The van der Waals surface area contributed by atoms with E-state index in [-0.39, 0.29) is 6.61 Å². The van der Waals surface area contributed by atoms with Crippen LogP contribution < -0.4 is 5.32 Å². The maximum atomic E-state index is 10.9. The number of unbranched alkanes of at least 4 members (excludes halogenated alkanes) is 1. The first kappa shape index (κ1) is 19.9. The van der Waals surface area contributed by atoms with Crippen molar-refractivity contribution in [2.75, 3.05) is 19.8 Å². The van der Waals surface area contributed by atoms with Gasteiger partial charge in [0.15, 0.2) is 0 Å². The molecular weight excluding hydrogens is 250 g/mol. The van der Waals surface area contributed by atoms with Crippen LogP contribution >= 0.6 is 0 Å². The Morgan fingerprint density at radius 3 is 2.26 bits per heavy atom. The second kappa shape index (κ2) is 14.7. The quantitative estimate of drug-likeness (QED) is 0.299. The van der Waals surface area contributed by atoms with Crippen LogP contribution in [0.5, 0.6) is 0 Å². The molecule has 1 atom stereocenters. The van der Waals surface area contributed by atoms with Gasteiger partial charge in [-0.15, -0.1) is 0 Å². The molecular formula is C13H25NO5. The van der Waals surface area contributed by atoms with Crippen molar-refractivity contribution in [3.63, 3.8) is 0 Å². The summed E-state index contributed by atoms with van der Waals surface area (Å²) < 4.78 is 9.48. The highest BCUT2D eigenvalue weighted by Crippen LogP contribution is 1.91. The fourth-order valence-electron chi connectivity index (χ4n) is 0.853. The van der Waals surface area contributed by atoms with Crippen molar-refractivity contribution in [2.24, 2.45) is 0 Å². The molecule has 2 N–H and O–H groups in total. The zero-order valence-electron chi connectivity index (χ0n) is 12.0. The van der Waals surface area contributed by atoms with Crippen LogP contribution in [0.2, 0.25) is 0 Å². The molecule has 112 valence electrons. The second-order valence-electron chi connectivity index (χ2n) is 3.42. The Balaban J connectivity index is 0. The topological polar surface area (TPSA) is 84.9 Å². The van der Waals surface area contributed by atoms with Gasteiger partial charge in [0.25, 0.3) is 0 Å². The molecule has 0 saturated heterocycles. The molecule has 0 saturated carbocycles. The molecule has 6 heteroatoms. The molecule has 1 amide bonds. The third kappa shape index (κ3) is 14.5. The van der Waals surface area contributed by atoms with E-state index < -0.39 is 18.1 Å². The first-order valence-corrected chi connectivity index (χ1v) is 6.38. The van der Waals surface area contributed by atoms with E-state index in [4.69, 9.17) is 9.84 Å². The highest BCUT2D eigenvalue weighted by molar-refractivity contribution is 5.90. The highest BCUT2D eigenvalue weighted by Gasteiger charge is 2.17. The molecule has 0 bridgehead atoms. The molecule has 0 spiro atoms. The van der Waals surface area contributed by atoms with Gasteiger partial charge in [0, 0.05) is 13.2 Å². The number of nitrogens with one attached hydrogen (secondary N) is 1. The molecule has 0 aromatic carbocycles. The lowest BCUT2D eigenvalue weighted by Gasteiger charge is -2.10. The fraction of sp³-hybridized carbons (Fsp3) is 0.692. The Hall–Kier alpha value is -1.40. The average molecular weight is 275 g/mol. The molecule has 0 aliphatic heterocycles. The lowest BCUT2D eigenvalue weighted by atomic mass is 10.4. The number of hydrogen-bond donors (Lipinski definition) is 2. The summed E-state index contributed by atoms with van der Waals surface area (Å²) in [5.74, 6) is -1.47. The van der Waals surface area contributed by atoms with Crippen molar-refractivity contribution in [3.8, 4) is 0 Å². The van der Waals surface area contributed by atoms with Crippen LogP contribution in [0.3, 0.4) is 0 Å². The van der Waals surface area contributed by atoms with E-state index >= 15 is 0 Å². The van der Waals surface area contributed by atoms with Crippen molar-refractivity contribution in [3.05, 3.63) is 12.7 Å². The Morgan fingerprint density at radius 1 is 1.32 bits per heavy atom. The summed E-state index contributed by atoms with van der Waals surface area (Å²) in [6, 6.07) is 0. The molecule has 0 aliphatic carbocycles. The monoisotopic (exact) mass is 275 g/mol. The number of carbonyl (C=O) groups excluding carboxylic acids is 2. The number of carbonyl (C=O) groups is 2. The largest absolute Gasteiger partial charge is 0.462 e. The number of aliphatic hydroxyl groups is 1. The predicted octanol–water partition coefficient (Wildman–Crippen LogP) is 0.993. The van der Waals surface area contributed by atoms with Crippen LogP contribution in [0, 0.1) is 0 Å². The number of hydrogen-bond acceptors (Lipinski definition) is 5. The summed E-state index contributed by atoms with van der Waals surface area (Å²) in [5.41, 5.74) is 0. The van der Waals surface area contributed by atoms with Gasteiger partial charge in [-0.05, 0) is 26.3 Å². The van der Waals surface area contributed by atoms with E-state index in [0.717, 1.165) is 32.1 Å². The smallest absolute Gasteiger partial charge is 0.356 e. The van der Waals surface area contributed by atoms with Gasteiger partial charge < -0.3 is 19.9 Å². The van der Waals surface area contributed by atoms with Gasteiger partial charge in [0.2, 0.25) is 12.1 Å². The van der Waals surface area contributed by atoms with Crippen molar-refractivity contribution in [1.29, 1.82) is 0 Å². The molecule has 0 radical (unpaired) electrons. The van der Waals surface area contributed by atoms with E-state index in [1.165, 1.54) is 0 Å². The molecule has 0 aromatic rings. The zero-order valence-corrected chi connectivity index (χ0v) is 12.0. The van der Waals surface area contributed by atoms with Gasteiger partial charge in [0.1, 0.15) is 0 Å². The van der Waals surface area contributed by atoms with Crippen molar-refractivity contribution < 1.29 is 24.2 Å². The van der Waals surface area contributed by atoms with Crippen LogP contribution in [0.15, 0.2) is 12.7 Å². The fourth-order valence-corrected chi connectivity index (χ4v) is 0.853. The Bertz CT molecular complexity index is 253. The van der Waals surface area contributed by atoms with Crippen LogP contribution in [0.25, 0.3) is 0 Å². The molecule has 19 heavy (non-hydrogen) atoms. The summed E-state index contributed by atoms with van der Waals surface area (Å²) in [4.78, 5) is 21.6. The maximum Gasteiger partial charge on any atom is 0.356 e. The van der Waals surface area contributed by atoms with Crippen LogP contribution in [0.1, 0.15) is 33.6 Å². The normalized spacial score (nSPS) is 10.7. The Kier molecular flexibility index (Phi) is 15.4. The number of esters is 1. The van der Waals surface area contributed by atoms with Gasteiger partial charge in [-0.1, -0.05) is 19.9 Å². The summed E-state index contributed by atoms with van der Waals surface area (Å²) >= 11 is 0. The van der Waals surface area contributed by atoms with Gasteiger partial charge in [-0.2, -0.15) is 0 Å². The molecule has 0 aliphatic rings. The first-order chi connectivity index (χ1) is 9.03. The Morgan fingerprint density at radius 2 is 1.89 bits per heavy atom. The van der Waals surface area contributed by atoms with Crippen LogP contribution in [-0.2, 0) is 19.1 Å². The lowest BCUT2D eigenvalue weighted by molar-refractivity contribution is -0.157. The van der Waals surface area contributed by atoms with Crippen molar-refractivity contribution in [2.45, 2.75) is 39.8 Å². The standard InChI is InChI=1S/C9H15NO4.C4H10O/c1-3-5-6-14-9(13)8(12)10-7(11)4-2;1-3-5-4-2/h4,8,12H,2-3,5-6H2,1H3,(H,10,11);3-4H2,1-2H3. The van der Waals surface area contributed by atoms with E-state index in [1.54, 1.807) is 0 Å². The lowest BCUT2D eigenvalue weighted by Crippen LogP contribution is -2.40. The van der Waals surface area contributed by atoms with E-state index in [9.17, 15) is 9.59 Å². The van der Waals surface area contributed by atoms with Crippen molar-refractivity contribution >= 4 is 11.9 Å². The van der Waals surface area contributed by atoms with Gasteiger partial charge >= 0.3 is 5.97 Å². The van der Waals surface area contributed by atoms with Gasteiger partial charge in [0.05, 0.1) is 6.61 Å². The number of amides is 1. The number of rotatable bonds is 8. The highest BCUT2D eigenvalue weighted by atomic mass is 16.5. The predicted molar refractivity (Wildman–Crippen MR) is 72.4 cm³/mol. The van der Waals surface area contributed by atoms with Gasteiger partial charge in [-0.25, -0.2) is 4.79 Å². The zero-order chi connectivity index (χ0) is 15.1. The average Bonchev–Trinajstić information content (AvgIpc) is 2.40. The second-order valence-corrected chi connectivity index (χ2v) is 3.42. The minimum Gasteiger partial charge on any atom is -0.462 e.